The molecular weight excluding hydrogens is 340 g/mol. The molecule has 134 valence electrons. The molecule has 27 heavy (non-hydrogen) atoms. The van der Waals surface area contributed by atoms with Crippen LogP contribution in [0.3, 0.4) is 0 Å². The number of hydrogen-bond acceptors (Lipinski definition) is 5. The normalized spacial score (nSPS) is 12.4. The summed E-state index contributed by atoms with van der Waals surface area (Å²) in [5, 5.41) is 13.5. The van der Waals surface area contributed by atoms with Gasteiger partial charge in [0.2, 0.25) is 0 Å². The van der Waals surface area contributed by atoms with E-state index in [-0.39, 0.29) is 28.4 Å². The van der Waals surface area contributed by atoms with E-state index in [1.54, 1.807) is 30.3 Å². The molecule has 5 nitrogen and oxygen atoms in total. The summed E-state index contributed by atoms with van der Waals surface area (Å²) in [7, 11) is 3.92. The van der Waals surface area contributed by atoms with Crippen molar-refractivity contribution in [1.29, 1.82) is 0 Å². The molecule has 1 aliphatic rings. The van der Waals surface area contributed by atoms with E-state index < -0.39 is 0 Å². The minimum atomic E-state index is -0.343. The van der Waals surface area contributed by atoms with Gasteiger partial charge < -0.3 is 15.3 Å². The summed E-state index contributed by atoms with van der Waals surface area (Å²) in [6.07, 6.45) is 0. The number of carbonyl (C=O) groups is 2. The van der Waals surface area contributed by atoms with Crippen LogP contribution in [0.1, 0.15) is 31.8 Å². The number of anilines is 3. The fourth-order valence-corrected chi connectivity index (χ4v) is 3.31. The van der Waals surface area contributed by atoms with Crippen molar-refractivity contribution in [2.45, 2.75) is 0 Å². The number of nitrogens with zero attached hydrogens (tertiary/aromatic N) is 1. The van der Waals surface area contributed by atoms with Crippen LogP contribution in [0.4, 0.5) is 17.1 Å². The molecule has 0 saturated carbocycles. The second-order valence-electron chi connectivity index (χ2n) is 6.65. The Morgan fingerprint density at radius 3 is 1.96 bits per heavy atom. The van der Waals surface area contributed by atoms with Crippen LogP contribution in [0.5, 0.6) is 5.75 Å². The zero-order valence-corrected chi connectivity index (χ0v) is 15.0. The molecule has 0 radical (unpaired) electrons. The molecule has 0 atom stereocenters. The Hall–Kier alpha value is -3.60. The van der Waals surface area contributed by atoms with Crippen LogP contribution in [-0.4, -0.2) is 30.8 Å². The van der Waals surface area contributed by atoms with Gasteiger partial charge in [-0.05, 0) is 36.4 Å². The highest BCUT2D eigenvalue weighted by molar-refractivity contribution is 6.31. The molecule has 0 fully saturated rings. The van der Waals surface area contributed by atoms with Crippen molar-refractivity contribution in [3.05, 3.63) is 82.9 Å². The Morgan fingerprint density at radius 1 is 0.778 bits per heavy atom. The second kappa shape index (κ2) is 6.29. The summed E-state index contributed by atoms with van der Waals surface area (Å²) >= 11 is 0. The summed E-state index contributed by atoms with van der Waals surface area (Å²) in [5.41, 5.74) is 3.25. The van der Waals surface area contributed by atoms with Gasteiger partial charge in [-0.2, -0.15) is 0 Å². The van der Waals surface area contributed by atoms with E-state index in [1.807, 2.05) is 43.3 Å². The van der Waals surface area contributed by atoms with Gasteiger partial charge in [0, 0.05) is 36.6 Å². The summed E-state index contributed by atoms with van der Waals surface area (Å²) in [5.74, 6) is -0.806. The van der Waals surface area contributed by atoms with Gasteiger partial charge in [0.1, 0.15) is 5.75 Å². The molecule has 5 heteroatoms. The van der Waals surface area contributed by atoms with Gasteiger partial charge in [-0.1, -0.05) is 24.3 Å². The number of rotatable bonds is 3. The van der Waals surface area contributed by atoms with Gasteiger partial charge in [0.25, 0.3) is 0 Å². The molecule has 0 spiro atoms. The first-order chi connectivity index (χ1) is 13.0. The maximum Gasteiger partial charge on any atom is 0.198 e. The number of phenols is 1. The number of fused-ring (bicyclic) bond motifs is 2. The number of nitrogens with one attached hydrogen (secondary N) is 1. The van der Waals surface area contributed by atoms with E-state index in [1.165, 1.54) is 6.07 Å². The molecular formula is C22H18N2O3. The van der Waals surface area contributed by atoms with Crippen LogP contribution >= 0.6 is 0 Å². The van der Waals surface area contributed by atoms with E-state index in [0.717, 1.165) is 11.4 Å². The van der Waals surface area contributed by atoms with Gasteiger partial charge in [0.05, 0.1) is 16.8 Å². The molecule has 2 N–H and O–H groups in total. The lowest BCUT2D eigenvalue weighted by molar-refractivity contribution is 0.0977. The number of phenolic OH excluding ortho intramolecular Hbond substituents is 1. The van der Waals surface area contributed by atoms with Crippen molar-refractivity contribution >= 4 is 28.6 Å². The lowest BCUT2D eigenvalue weighted by atomic mass is 9.82. The number of aromatic hydroxyl groups is 1. The lowest BCUT2D eigenvalue weighted by Gasteiger charge is -2.22. The van der Waals surface area contributed by atoms with Crippen LogP contribution < -0.4 is 10.2 Å². The van der Waals surface area contributed by atoms with Crippen LogP contribution in [-0.2, 0) is 0 Å². The third-order valence-corrected chi connectivity index (χ3v) is 4.72. The fourth-order valence-electron chi connectivity index (χ4n) is 3.31. The molecule has 3 aromatic carbocycles. The molecule has 0 aromatic heterocycles. The lowest BCUT2D eigenvalue weighted by Crippen LogP contribution is -2.22. The van der Waals surface area contributed by atoms with Crippen molar-refractivity contribution in [2.24, 2.45) is 0 Å². The van der Waals surface area contributed by atoms with Crippen molar-refractivity contribution in [2.75, 3.05) is 24.3 Å². The maximum atomic E-state index is 13.1. The quantitative estimate of drug-likeness (QED) is 0.542. The molecule has 4 rings (SSSR count). The molecule has 0 unspecified atom stereocenters. The third-order valence-electron chi connectivity index (χ3n) is 4.72. The molecule has 3 aromatic rings. The average Bonchev–Trinajstić information content (AvgIpc) is 2.68. The van der Waals surface area contributed by atoms with Crippen LogP contribution in [0.2, 0.25) is 0 Å². The number of carbonyl (C=O) groups excluding carboxylic acids is 2. The first-order valence-electron chi connectivity index (χ1n) is 8.56. The van der Waals surface area contributed by atoms with Crippen molar-refractivity contribution < 1.29 is 14.7 Å². The highest BCUT2D eigenvalue weighted by Gasteiger charge is 2.33. The number of benzene rings is 3. The van der Waals surface area contributed by atoms with E-state index in [4.69, 9.17) is 0 Å². The predicted molar refractivity (Wildman–Crippen MR) is 105 cm³/mol. The van der Waals surface area contributed by atoms with Gasteiger partial charge in [-0.15, -0.1) is 0 Å². The first kappa shape index (κ1) is 16.8. The van der Waals surface area contributed by atoms with Crippen LogP contribution in [0.15, 0.2) is 60.7 Å². The molecule has 0 aliphatic heterocycles. The SMILES string of the molecule is CN(C)c1ccc(Nc2ccc(O)c3c2C(=O)c2ccccc2C3=O)cc1. The zero-order valence-electron chi connectivity index (χ0n) is 15.0. The van der Waals surface area contributed by atoms with Gasteiger partial charge in [-0.25, -0.2) is 0 Å². The Balaban J connectivity index is 1.80. The minimum absolute atomic E-state index is 0.0496. The van der Waals surface area contributed by atoms with Crippen molar-refractivity contribution in [3.8, 4) is 5.75 Å². The third kappa shape index (κ3) is 2.73. The van der Waals surface area contributed by atoms with Crippen LogP contribution in [0.25, 0.3) is 0 Å². The number of hydrogen-bond donors (Lipinski definition) is 2. The highest BCUT2D eigenvalue weighted by Crippen LogP contribution is 2.38. The standard InChI is InChI=1S/C22H18N2O3/c1-24(2)14-9-7-13(8-10-14)23-17-11-12-18(25)20-19(17)21(26)15-5-3-4-6-16(15)22(20)27/h3-12,23,25H,1-2H3. The van der Waals surface area contributed by atoms with E-state index in [0.29, 0.717) is 16.8 Å². The fraction of sp³-hybridized carbons (Fsp3) is 0.0909. The van der Waals surface area contributed by atoms with Gasteiger partial charge in [0.15, 0.2) is 11.6 Å². The summed E-state index contributed by atoms with van der Waals surface area (Å²) in [6.45, 7) is 0. The van der Waals surface area contributed by atoms with E-state index >= 15 is 0 Å². The molecule has 0 heterocycles. The Labute approximate surface area is 156 Å². The van der Waals surface area contributed by atoms with Gasteiger partial charge in [-0.3, -0.25) is 9.59 Å². The average molecular weight is 358 g/mol. The Bertz CT molecular complexity index is 1070. The van der Waals surface area contributed by atoms with Gasteiger partial charge >= 0.3 is 0 Å². The second-order valence-corrected chi connectivity index (χ2v) is 6.65. The van der Waals surface area contributed by atoms with Crippen molar-refractivity contribution in [1.82, 2.24) is 0 Å². The van der Waals surface area contributed by atoms with Crippen LogP contribution in [0, 0.1) is 0 Å². The smallest absolute Gasteiger partial charge is 0.198 e. The predicted octanol–water partition coefficient (Wildman–Crippen LogP) is 3.98. The Kier molecular flexibility index (Phi) is 3.92. The van der Waals surface area contributed by atoms with E-state index in [9.17, 15) is 14.7 Å². The molecule has 0 saturated heterocycles. The molecule has 1 aliphatic carbocycles. The Morgan fingerprint density at radius 2 is 1.37 bits per heavy atom. The van der Waals surface area contributed by atoms with E-state index in [2.05, 4.69) is 5.32 Å². The topological polar surface area (TPSA) is 69.6 Å². The summed E-state index contributed by atoms with van der Waals surface area (Å²) in [4.78, 5) is 27.9. The maximum absolute atomic E-state index is 13.1. The monoisotopic (exact) mass is 358 g/mol. The summed E-state index contributed by atoms with van der Waals surface area (Å²) < 4.78 is 0. The number of ketones is 2. The largest absolute Gasteiger partial charge is 0.507 e. The minimum Gasteiger partial charge on any atom is -0.507 e. The van der Waals surface area contributed by atoms with Crippen molar-refractivity contribution in [3.63, 3.8) is 0 Å². The zero-order chi connectivity index (χ0) is 19.1. The molecule has 0 bridgehead atoms. The molecule has 0 amide bonds. The first-order valence-corrected chi connectivity index (χ1v) is 8.56. The highest BCUT2D eigenvalue weighted by atomic mass is 16.3. The summed E-state index contributed by atoms with van der Waals surface area (Å²) in [6, 6.07) is 17.5.